The number of benzene rings is 2. The van der Waals surface area contributed by atoms with Crippen LogP contribution in [0.5, 0.6) is 5.88 Å². The van der Waals surface area contributed by atoms with Crippen molar-refractivity contribution >= 4 is 46.2 Å². The molecular formula is C27H29N5O6S. The Morgan fingerprint density at radius 2 is 2.08 bits per heavy atom. The zero-order chi connectivity index (χ0) is 27.1. The van der Waals surface area contributed by atoms with Gasteiger partial charge in [0.1, 0.15) is 12.2 Å². The summed E-state index contributed by atoms with van der Waals surface area (Å²) in [6.45, 7) is 1.97. The van der Waals surface area contributed by atoms with E-state index >= 15 is 0 Å². The zero-order valence-corrected chi connectivity index (χ0v) is 22.2. The third kappa shape index (κ3) is 5.00. The number of carbonyl (C=O) groups is 2. The van der Waals surface area contributed by atoms with Crippen molar-refractivity contribution in [3.05, 3.63) is 48.2 Å². The van der Waals surface area contributed by atoms with Gasteiger partial charge < -0.3 is 25.0 Å². The molecule has 0 aliphatic carbocycles. The van der Waals surface area contributed by atoms with Gasteiger partial charge in [-0.1, -0.05) is 12.1 Å². The smallest absolute Gasteiger partial charge is 0.414 e. The van der Waals surface area contributed by atoms with E-state index in [1.807, 2.05) is 12.1 Å². The summed E-state index contributed by atoms with van der Waals surface area (Å²) < 4.78 is 10.8. The van der Waals surface area contributed by atoms with E-state index in [0.717, 1.165) is 4.90 Å². The molecule has 2 amide bonds. The van der Waals surface area contributed by atoms with Crippen molar-refractivity contribution in [1.29, 1.82) is 0 Å². The number of methoxy groups -OCH3 is 1. The number of aliphatic hydroxyl groups is 2. The predicted molar refractivity (Wildman–Crippen MR) is 145 cm³/mol. The first-order valence-corrected chi connectivity index (χ1v) is 13.8. The molecule has 4 heterocycles. The molecule has 0 radical (unpaired) electrons. The minimum absolute atomic E-state index is 0.0604. The first kappa shape index (κ1) is 25.8. The number of anilines is 2. The zero-order valence-electron chi connectivity index (χ0n) is 21.4. The molecule has 0 saturated carbocycles. The number of amides is 2. The normalized spacial score (nSPS) is 21.8. The van der Waals surface area contributed by atoms with Crippen molar-refractivity contribution in [2.75, 3.05) is 49.3 Å². The summed E-state index contributed by atoms with van der Waals surface area (Å²) in [4.78, 5) is 37.9. The van der Waals surface area contributed by atoms with Crippen LogP contribution in [0.3, 0.4) is 0 Å². The number of fused-ring (bicyclic) bond motifs is 2. The number of aromatic nitrogens is 2. The average Bonchev–Trinajstić information content (AvgIpc) is 3.32. The molecule has 2 atom stereocenters. The summed E-state index contributed by atoms with van der Waals surface area (Å²) >= 11 is 1.47. The molecule has 204 valence electrons. The van der Waals surface area contributed by atoms with E-state index < -0.39 is 17.8 Å². The molecule has 39 heavy (non-hydrogen) atoms. The van der Waals surface area contributed by atoms with Gasteiger partial charge in [0.2, 0.25) is 11.8 Å². The van der Waals surface area contributed by atoms with Gasteiger partial charge in [-0.15, -0.1) is 11.8 Å². The molecule has 12 heteroatoms. The molecule has 3 aromatic rings. The fraction of sp³-hybridized carbons (Fsp3) is 0.407. The van der Waals surface area contributed by atoms with E-state index in [4.69, 9.17) is 9.47 Å². The Labute approximate surface area is 229 Å². The van der Waals surface area contributed by atoms with Crippen molar-refractivity contribution in [1.82, 2.24) is 14.9 Å². The molecular weight excluding hydrogens is 522 g/mol. The number of aliphatic hydroxyl groups excluding tert-OH is 1. The van der Waals surface area contributed by atoms with Crippen LogP contribution in [0.15, 0.2) is 47.5 Å². The standard InChI is InChI=1S/C27H29N5O6S/c1-37-23-12-28-19-4-2-3-18(24(19)30-23)25(34)27(36)7-9-31(10-8-27)13-17-14-32(26(35)38-17)16-5-6-21-20(11-16)29-22(33)15-39-21/h2-6,11-12,17,25,34,36H,7-10,13-15H2,1H3,(H,29,33)/t17?,25-/m0/s1. The maximum atomic E-state index is 12.7. The van der Waals surface area contributed by atoms with Crippen molar-refractivity contribution in [2.24, 2.45) is 0 Å². The number of para-hydroxylation sites is 1. The monoisotopic (exact) mass is 551 g/mol. The average molecular weight is 552 g/mol. The Hall–Kier alpha value is -3.45. The second kappa shape index (κ2) is 10.3. The SMILES string of the molecule is COc1cnc2cccc([C@H](O)C3(O)CCN(CC4CN(c5ccc6c(c5)NC(=O)CS6)C(=O)O4)CC3)c2n1. The number of rotatable bonds is 6. The third-order valence-corrected chi connectivity index (χ3v) is 8.63. The number of hydrogen-bond donors (Lipinski definition) is 3. The van der Waals surface area contributed by atoms with Crippen molar-refractivity contribution < 1.29 is 29.3 Å². The number of likely N-dealkylation sites (tertiary alicyclic amines) is 1. The number of nitrogens with zero attached hydrogens (tertiary/aromatic N) is 4. The predicted octanol–water partition coefficient (Wildman–Crippen LogP) is 2.57. The van der Waals surface area contributed by atoms with Gasteiger partial charge in [-0.3, -0.25) is 14.6 Å². The molecule has 3 aliphatic rings. The molecule has 2 saturated heterocycles. The molecule has 2 fully saturated rings. The maximum Gasteiger partial charge on any atom is 0.414 e. The van der Waals surface area contributed by atoms with Crippen LogP contribution < -0.4 is 15.0 Å². The van der Waals surface area contributed by atoms with Crippen LogP contribution >= 0.6 is 11.8 Å². The second-order valence-electron chi connectivity index (χ2n) is 10.1. The lowest BCUT2D eigenvalue weighted by Crippen LogP contribution is -2.50. The van der Waals surface area contributed by atoms with E-state index in [1.165, 1.54) is 25.1 Å². The van der Waals surface area contributed by atoms with Crippen LogP contribution in [0.25, 0.3) is 11.0 Å². The number of cyclic esters (lactones) is 1. The summed E-state index contributed by atoms with van der Waals surface area (Å²) in [6, 6.07) is 10.9. The Morgan fingerprint density at radius 3 is 2.87 bits per heavy atom. The van der Waals surface area contributed by atoms with E-state index in [-0.39, 0.29) is 12.0 Å². The van der Waals surface area contributed by atoms with Crippen molar-refractivity contribution in [3.63, 3.8) is 0 Å². The second-order valence-corrected chi connectivity index (χ2v) is 11.1. The van der Waals surface area contributed by atoms with Gasteiger partial charge in [-0.25, -0.2) is 14.8 Å². The fourth-order valence-electron chi connectivity index (χ4n) is 5.40. The lowest BCUT2D eigenvalue weighted by atomic mass is 9.82. The molecule has 11 nitrogen and oxygen atoms in total. The molecule has 3 aliphatic heterocycles. The number of carbonyl (C=O) groups excluding carboxylic acids is 2. The highest BCUT2D eigenvalue weighted by atomic mass is 32.2. The van der Waals surface area contributed by atoms with E-state index in [1.54, 1.807) is 29.2 Å². The Kier molecular flexibility index (Phi) is 6.79. The number of piperidine rings is 1. The van der Waals surface area contributed by atoms with Crippen LogP contribution in [-0.4, -0.2) is 87.8 Å². The summed E-state index contributed by atoms with van der Waals surface area (Å²) in [5, 5.41) is 25.5. The molecule has 0 bridgehead atoms. The summed E-state index contributed by atoms with van der Waals surface area (Å²) in [5.74, 6) is 0.658. The highest BCUT2D eigenvalue weighted by Crippen LogP contribution is 2.38. The quantitative estimate of drug-likeness (QED) is 0.419. The number of nitrogens with one attached hydrogen (secondary N) is 1. The lowest BCUT2D eigenvalue weighted by molar-refractivity contribution is -0.113. The maximum absolute atomic E-state index is 12.7. The Morgan fingerprint density at radius 1 is 1.26 bits per heavy atom. The first-order valence-electron chi connectivity index (χ1n) is 12.8. The number of thioether (sulfide) groups is 1. The number of hydrogen-bond acceptors (Lipinski definition) is 10. The largest absolute Gasteiger partial charge is 0.480 e. The van der Waals surface area contributed by atoms with Gasteiger partial charge in [-0.05, 0) is 37.1 Å². The molecule has 1 unspecified atom stereocenters. The lowest BCUT2D eigenvalue weighted by Gasteiger charge is -2.41. The Bertz CT molecular complexity index is 1430. The van der Waals surface area contributed by atoms with Gasteiger partial charge in [0.05, 0.1) is 47.9 Å². The van der Waals surface area contributed by atoms with E-state index in [9.17, 15) is 19.8 Å². The van der Waals surface area contributed by atoms with Gasteiger partial charge in [0.15, 0.2) is 0 Å². The fourth-order valence-corrected chi connectivity index (χ4v) is 6.19. The first-order chi connectivity index (χ1) is 18.8. The minimum Gasteiger partial charge on any atom is -0.480 e. The molecule has 6 rings (SSSR count). The summed E-state index contributed by atoms with van der Waals surface area (Å²) in [6.07, 6.45) is 0.293. The van der Waals surface area contributed by atoms with Crippen molar-refractivity contribution in [3.8, 4) is 5.88 Å². The van der Waals surface area contributed by atoms with Crippen LogP contribution in [0.2, 0.25) is 0 Å². The van der Waals surface area contributed by atoms with Crippen LogP contribution in [0, 0.1) is 0 Å². The molecule has 0 spiro atoms. The summed E-state index contributed by atoms with van der Waals surface area (Å²) in [7, 11) is 1.50. The van der Waals surface area contributed by atoms with Crippen LogP contribution in [0.1, 0.15) is 24.5 Å². The van der Waals surface area contributed by atoms with E-state index in [2.05, 4.69) is 20.2 Å². The highest BCUT2D eigenvalue weighted by molar-refractivity contribution is 8.00. The van der Waals surface area contributed by atoms with Crippen LogP contribution in [0.4, 0.5) is 16.2 Å². The molecule has 3 N–H and O–H groups in total. The van der Waals surface area contributed by atoms with Gasteiger partial charge in [-0.2, -0.15) is 0 Å². The van der Waals surface area contributed by atoms with E-state index in [0.29, 0.717) is 78.6 Å². The Balaban J connectivity index is 1.09. The highest BCUT2D eigenvalue weighted by Gasteiger charge is 2.42. The summed E-state index contributed by atoms with van der Waals surface area (Å²) in [5.41, 5.74) is 1.67. The van der Waals surface area contributed by atoms with Gasteiger partial charge in [0.25, 0.3) is 0 Å². The molecule has 2 aromatic carbocycles. The van der Waals surface area contributed by atoms with Crippen LogP contribution in [-0.2, 0) is 9.53 Å². The third-order valence-electron chi connectivity index (χ3n) is 7.56. The van der Waals surface area contributed by atoms with Gasteiger partial charge >= 0.3 is 6.09 Å². The van der Waals surface area contributed by atoms with Gasteiger partial charge in [0, 0.05) is 35.8 Å². The molecule has 1 aromatic heterocycles. The number of ether oxygens (including phenoxy) is 2. The minimum atomic E-state index is -1.33. The van der Waals surface area contributed by atoms with Crippen molar-refractivity contribution in [2.45, 2.75) is 35.5 Å². The topological polar surface area (TPSA) is 137 Å².